The second kappa shape index (κ2) is 7.81. The van der Waals surface area contributed by atoms with Gasteiger partial charge in [0.25, 0.3) is 0 Å². The Bertz CT molecular complexity index is 998. The first-order valence-corrected chi connectivity index (χ1v) is 10.3. The second-order valence-electron chi connectivity index (χ2n) is 9.73. The largest absolute Gasteiger partial charge is 0.444 e. The number of imidazole rings is 1. The van der Waals surface area contributed by atoms with Gasteiger partial charge in [0.2, 0.25) is 0 Å². The third-order valence-electron chi connectivity index (χ3n) is 4.91. The topological polar surface area (TPSA) is 93.6 Å². The molecule has 0 unspecified atom stereocenters. The Morgan fingerprint density at radius 1 is 0.967 bits per heavy atom. The smallest absolute Gasteiger partial charge is 0.423 e. The van der Waals surface area contributed by atoms with E-state index in [1.54, 1.807) is 31.7 Å². The van der Waals surface area contributed by atoms with Crippen molar-refractivity contribution >= 4 is 23.2 Å². The van der Waals surface area contributed by atoms with Crippen LogP contribution >= 0.6 is 0 Å². The fourth-order valence-corrected chi connectivity index (χ4v) is 3.68. The van der Waals surface area contributed by atoms with Crippen LogP contribution in [0.15, 0.2) is 23.0 Å². The zero-order valence-corrected chi connectivity index (χ0v) is 18.6. The highest BCUT2D eigenvalue weighted by atomic mass is 16.6. The van der Waals surface area contributed by atoms with Crippen molar-refractivity contribution in [3.63, 3.8) is 0 Å². The number of H-pyrrole nitrogens is 1. The molecule has 1 fully saturated rings. The number of amides is 1. The van der Waals surface area contributed by atoms with E-state index in [9.17, 15) is 14.4 Å². The first kappa shape index (κ1) is 21.9. The number of fused-ring (bicyclic) bond motifs is 1. The molecule has 1 aromatic heterocycles. The molecule has 8 nitrogen and oxygen atoms in total. The first-order valence-electron chi connectivity index (χ1n) is 10.3. The Labute approximate surface area is 176 Å². The monoisotopic (exact) mass is 417 g/mol. The molecule has 0 atom stereocenters. The normalized spacial score (nSPS) is 16.0. The molecule has 1 aliphatic rings. The Kier molecular flexibility index (Phi) is 5.71. The minimum atomic E-state index is -0.702. The number of rotatable bonds is 1. The second-order valence-corrected chi connectivity index (χ2v) is 9.73. The van der Waals surface area contributed by atoms with Crippen LogP contribution in [0.25, 0.3) is 11.0 Å². The number of nitrogens with one attached hydrogen (secondary N) is 1. The summed E-state index contributed by atoms with van der Waals surface area (Å²) in [5.74, 6) is 0.164. The van der Waals surface area contributed by atoms with Crippen molar-refractivity contribution in [1.29, 1.82) is 0 Å². The highest BCUT2D eigenvalue weighted by Gasteiger charge is 2.29. The number of carbonyl (C=O) groups excluding carboxylic acids is 2. The standard InChI is InChI=1S/C22H31N3O5/c1-21(2,3)29-19(27)24-12-10-14(11-13-24)15-8-7-9-16-17(15)23-18(26)25(16)20(28)30-22(4,5)6/h7-9,14H,10-13H2,1-6H3,(H,23,26). The van der Waals surface area contributed by atoms with E-state index in [-0.39, 0.29) is 12.0 Å². The lowest BCUT2D eigenvalue weighted by Crippen LogP contribution is -2.41. The van der Waals surface area contributed by atoms with Crippen molar-refractivity contribution in [3.05, 3.63) is 34.2 Å². The van der Waals surface area contributed by atoms with Crippen LogP contribution in [0.4, 0.5) is 9.59 Å². The Hall–Kier alpha value is -2.77. The summed E-state index contributed by atoms with van der Waals surface area (Å²) in [4.78, 5) is 41.9. The van der Waals surface area contributed by atoms with Gasteiger partial charge in [-0.2, -0.15) is 4.57 Å². The molecule has 0 saturated carbocycles. The van der Waals surface area contributed by atoms with E-state index in [4.69, 9.17) is 9.47 Å². The van der Waals surface area contributed by atoms with Crippen LogP contribution < -0.4 is 5.69 Å². The maximum atomic E-state index is 12.5. The molecule has 2 heterocycles. The first-order chi connectivity index (χ1) is 13.9. The van der Waals surface area contributed by atoms with E-state index in [0.29, 0.717) is 24.1 Å². The SMILES string of the molecule is CC(C)(C)OC(=O)N1CCC(c2cccc3c2[nH]c(=O)n3C(=O)OC(C)(C)C)CC1. The molecular formula is C22H31N3O5. The lowest BCUT2D eigenvalue weighted by molar-refractivity contribution is 0.0204. The summed E-state index contributed by atoms with van der Waals surface area (Å²) < 4.78 is 11.9. The van der Waals surface area contributed by atoms with Crippen LogP contribution in [-0.4, -0.2) is 50.9 Å². The summed E-state index contributed by atoms with van der Waals surface area (Å²) in [7, 11) is 0. The number of ether oxygens (including phenoxy) is 2. The molecule has 8 heteroatoms. The quantitative estimate of drug-likeness (QED) is 0.749. The van der Waals surface area contributed by atoms with Crippen molar-refractivity contribution in [2.24, 2.45) is 0 Å². The number of carbonyl (C=O) groups is 2. The number of aromatic nitrogens is 2. The number of aromatic amines is 1. The number of para-hydroxylation sites is 1. The fraction of sp³-hybridized carbons (Fsp3) is 0.591. The molecule has 1 aromatic carbocycles. The van der Waals surface area contributed by atoms with E-state index >= 15 is 0 Å². The Balaban J connectivity index is 1.82. The molecule has 1 N–H and O–H groups in total. The maximum absolute atomic E-state index is 12.5. The molecule has 164 valence electrons. The maximum Gasteiger partial charge on any atom is 0.423 e. The van der Waals surface area contributed by atoms with Crippen molar-refractivity contribution in [1.82, 2.24) is 14.5 Å². The molecule has 0 aliphatic carbocycles. The molecular weight excluding hydrogens is 386 g/mol. The van der Waals surface area contributed by atoms with Gasteiger partial charge >= 0.3 is 17.9 Å². The van der Waals surface area contributed by atoms with Crippen molar-refractivity contribution in [2.75, 3.05) is 13.1 Å². The highest BCUT2D eigenvalue weighted by Crippen LogP contribution is 2.32. The Morgan fingerprint density at radius 2 is 1.53 bits per heavy atom. The van der Waals surface area contributed by atoms with Gasteiger partial charge in [-0.25, -0.2) is 14.4 Å². The number of hydrogen-bond acceptors (Lipinski definition) is 5. The zero-order valence-electron chi connectivity index (χ0n) is 18.6. The summed E-state index contributed by atoms with van der Waals surface area (Å²) in [6.45, 7) is 12.0. The third kappa shape index (κ3) is 4.86. The van der Waals surface area contributed by atoms with Crippen LogP contribution in [0.1, 0.15) is 65.9 Å². The number of piperidine rings is 1. The third-order valence-corrected chi connectivity index (χ3v) is 4.91. The van der Waals surface area contributed by atoms with Crippen molar-refractivity contribution in [2.45, 2.75) is 71.5 Å². The van der Waals surface area contributed by atoms with E-state index in [1.807, 2.05) is 32.9 Å². The van der Waals surface area contributed by atoms with E-state index in [0.717, 1.165) is 23.0 Å². The fourth-order valence-electron chi connectivity index (χ4n) is 3.68. The van der Waals surface area contributed by atoms with Gasteiger partial charge in [-0.3, -0.25) is 0 Å². The summed E-state index contributed by atoms with van der Waals surface area (Å²) in [5, 5.41) is 0. The molecule has 30 heavy (non-hydrogen) atoms. The lowest BCUT2D eigenvalue weighted by Gasteiger charge is -2.33. The number of nitrogens with zero attached hydrogens (tertiary/aromatic N) is 2. The highest BCUT2D eigenvalue weighted by molar-refractivity contribution is 5.88. The van der Waals surface area contributed by atoms with E-state index in [2.05, 4.69) is 4.98 Å². The molecule has 2 aromatic rings. The van der Waals surface area contributed by atoms with Crippen LogP contribution in [0.3, 0.4) is 0 Å². The van der Waals surface area contributed by atoms with Gasteiger partial charge in [0, 0.05) is 13.1 Å². The number of benzene rings is 1. The van der Waals surface area contributed by atoms with Crippen molar-refractivity contribution < 1.29 is 19.1 Å². The number of hydrogen-bond donors (Lipinski definition) is 1. The van der Waals surface area contributed by atoms with Gasteiger partial charge in [-0.05, 0) is 71.9 Å². The van der Waals surface area contributed by atoms with Crippen LogP contribution in [0.5, 0.6) is 0 Å². The van der Waals surface area contributed by atoms with Gasteiger partial charge in [0.15, 0.2) is 0 Å². The summed E-state index contributed by atoms with van der Waals surface area (Å²) >= 11 is 0. The van der Waals surface area contributed by atoms with Crippen LogP contribution in [-0.2, 0) is 9.47 Å². The molecule has 1 aliphatic heterocycles. The predicted molar refractivity (Wildman–Crippen MR) is 114 cm³/mol. The summed E-state index contributed by atoms with van der Waals surface area (Å²) in [6.07, 6.45) is 0.495. The van der Waals surface area contributed by atoms with E-state index in [1.165, 1.54) is 0 Å². The minimum absolute atomic E-state index is 0.164. The van der Waals surface area contributed by atoms with Gasteiger partial charge in [-0.1, -0.05) is 12.1 Å². The minimum Gasteiger partial charge on any atom is -0.444 e. The van der Waals surface area contributed by atoms with Gasteiger partial charge < -0.3 is 19.4 Å². The van der Waals surface area contributed by atoms with Crippen LogP contribution in [0.2, 0.25) is 0 Å². The molecule has 0 radical (unpaired) electrons. The van der Waals surface area contributed by atoms with Crippen LogP contribution in [0, 0.1) is 0 Å². The molecule has 1 amide bonds. The molecule has 1 saturated heterocycles. The summed E-state index contributed by atoms with van der Waals surface area (Å²) in [5.41, 5.74) is 0.370. The van der Waals surface area contributed by atoms with E-state index < -0.39 is 23.0 Å². The molecule has 0 spiro atoms. The molecule has 3 rings (SSSR count). The summed E-state index contributed by atoms with van der Waals surface area (Å²) in [6, 6.07) is 5.54. The predicted octanol–water partition coefficient (Wildman–Crippen LogP) is 4.23. The average Bonchev–Trinajstić information content (AvgIpc) is 2.94. The Morgan fingerprint density at radius 3 is 2.10 bits per heavy atom. The van der Waals surface area contributed by atoms with Crippen molar-refractivity contribution in [3.8, 4) is 0 Å². The zero-order chi connectivity index (χ0) is 22.3. The lowest BCUT2D eigenvalue weighted by atomic mass is 9.89. The number of likely N-dealkylation sites (tertiary alicyclic amines) is 1. The molecule has 0 bridgehead atoms. The van der Waals surface area contributed by atoms with Gasteiger partial charge in [-0.15, -0.1) is 0 Å². The average molecular weight is 418 g/mol. The van der Waals surface area contributed by atoms with Gasteiger partial charge in [0.1, 0.15) is 11.2 Å². The van der Waals surface area contributed by atoms with Gasteiger partial charge in [0.05, 0.1) is 11.0 Å².